The van der Waals surface area contributed by atoms with E-state index in [1.165, 1.54) is 0 Å². The van der Waals surface area contributed by atoms with Gasteiger partial charge in [-0.2, -0.15) is 0 Å². The molecule has 1 nitrogen and oxygen atoms in total. The predicted molar refractivity (Wildman–Crippen MR) is 41.7 cm³/mol. The Bertz CT molecular complexity index is 316. The maximum absolute atomic E-state index is 12.7. The summed E-state index contributed by atoms with van der Waals surface area (Å²) >= 11 is 2.81. The van der Waals surface area contributed by atoms with Gasteiger partial charge in [-0.3, -0.25) is 0 Å². The number of aromatic nitrogens is 1. The van der Waals surface area contributed by atoms with Crippen molar-refractivity contribution in [1.82, 2.24) is 4.98 Å². The second kappa shape index (κ2) is 4.04. The quantitative estimate of drug-likeness (QED) is 0.586. The molecule has 13 heavy (non-hydrogen) atoms. The maximum Gasteiger partial charge on any atom is 0.280 e. The van der Waals surface area contributed by atoms with Crippen molar-refractivity contribution in [2.75, 3.05) is 0 Å². The molecule has 0 atom stereocenters. The molecule has 6 heteroatoms. The van der Waals surface area contributed by atoms with Gasteiger partial charge in [-0.25, -0.2) is 22.5 Å². The van der Waals surface area contributed by atoms with Gasteiger partial charge in [0.1, 0.15) is 5.69 Å². The third kappa shape index (κ3) is 2.18. The normalized spacial score (nSPS) is 10.9. The van der Waals surface area contributed by atoms with Gasteiger partial charge in [-0.05, 0) is 0 Å². The number of hydrogen-bond donors (Lipinski definition) is 0. The van der Waals surface area contributed by atoms with Crippen LogP contribution in [0.5, 0.6) is 0 Å². The predicted octanol–water partition coefficient (Wildman–Crippen LogP) is 3.19. The van der Waals surface area contributed by atoms with Crippen molar-refractivity contribution >= 4 is 15.9 Å². The Morgan fingerprint density at radius 3 is 2.46 bits per heavy atom. The van der Waals surface area contributed by atoms with Crippen LogP contribution in [0.2, 0.25) is 0 Å². The Morgan fingerprint density at radius 2 is 2.00 bits per heavy atom. The molecule has 0 fully saturated rings. The van der Waals surface area contributed by atoms with E-state index in [1.807, 2.05) is 0 Å². The molecule has 0 aliphatic heterocycles. The smallest absolute Gasteiger partial charge is 0.248 e. The van der Waals surface area contributed by atoms with Gasteiger partial charge in [0, 0.05) is 11.4 Å². The molecule has 0 amide bonds. The molecule has 0 aliphatic carbocycles. The van der Waals surface area contributed by atoms with Gasteiger partial charge in [-0.15, -0.1) is 0 Å². The third-order valence-electron chi connectivity index (χ3n) is 1.35. The van der Waals surface area contributed by atoms with Gasteiger partial charge < -0.3 is 0 Å². The van der Waals surface area contributed by atoms with E-state index >= 15 is 0 Å². The molecular formula is C7H4BrF4N. The summed E-state index contributed by atoms with van der Waals surface area (Å²) < 4.78 is 49.4. The van der Waals surface area contributed by atoms with E-state index in [0.29, 0.717) is 6.07 Å². The van der Waals surface area contributed by atoms with Crippen LogP contribution in [0.1, 0.15) is 17.8 Å². The molecule has 0 spiro atoms. The van der Waals surface area contributed by atoms with E-state index in [1.54, 1.807) is 0 Å². The van der Waals surface area contributed by atoms with Gasteiger partial charge in [0.2, 0.25) is 0 Å². The first-order valence-corrected chi connectivity index (χ1v) is 4.37. The average molecular weight is 258 g/mol. The van der Waals surface area contributed by atoms with Crippen molar-refractivity contribution in [1.29, 1.82) is 0 Å². The second-order valence-electron chi connectivity index (χ2n) is 2.22. The highest BCUT2D eigenvalue weighted by atomic mass is 79.9. The van der Waals surface area contributed by atoms with Crippen LogP contribution in [0.15, 0.2) is 6.07 Å². The lowest BCUT2D eigenvalue weighted by molar-refractivity contribution is 0.145. The van der Waals surface area contributed by atoms with E-state index in [0.717, 1.165) is 0 Å². The molecule has 0 radical (unpaired) electrons. The highest BCUT2D eigenvalue weighted by molar-refractivity contribution is 9.08. The molecule has 1 aromatic rings. The monoisotopic (exact) mass is 257 g/mol. The van der Waals surface area contributed by atoms with Gasteiger partial charge in [0.15, 0.2) is 11.6 Å². The number of halogens is 5. The van der Waals surface area contributed by atoms with Crippen molar-refractivity contribution in [3.63, 3.8) is 0 Å². The summed E-state index contributed by atoms with van der Waals surface area (Å²) in [5.74, 6) is -2.50. The summed E-state index contributed by atoms with van der Waals surface area (Å²) in [5, 5.41) is -0.101. The van der Waals surface area contributed by atoms with Crippen molar-refractivity contribution in [2.24, 2.45) is 0 Å². The molecule has 1 aromatic heterocycles. The van der Waals surface area contributed by atoms with E-state index < -0.39 is 23.8 Å². The van der Waals surface area contributed by atoms with E-state index in [4.69, 9.17) is 0 Å². The Hall–Kier alpha value is -0.650. The van der Waals surface area contributed by atoms with Crippen LogP contribution in [0.4, 0.5) is 17.6 Å². The molecular weight excluding hydrogens is 254 g/mol. The van der Waals surface area contributed by atoms with Crippen LogP contribution in [-0.2, 0) is 5.33 Å². The molecule has 1 heterocycles. The standard InChI is InChI=1S/C7H4BrF4N/c8-2-5-6(10)3(9)1-4(13-5)7(11)12/h1,7H,2H2. The topological polar surface area (TPSA) is 12.9 Å². The number of nitrogens with zero attached hydrogens (tertiary/aromatic N) is 1. The Labute approximate surface area is 79.9 Å². The summed E-state index contributed by atoms with van der Waals surface area (Å²) in [6, 6.07) is 0.395. The summed E-state index contributed by atoms with van der Waals surface area (Å²) in [7, 11) is 0. The first-order chi connectivity index (χ1) is 6.06. The fraction of sp³-hybridized carbons (Fsp3) is 0.286. The lowest BCUT2D eigenvalue weighted by Gasteiger charge is -2.03. The fourth-order valence-electron chi connectivity index (χ4n) is 0.769. The second-order valence-corrected chi connectivity index (χ2v) is 2.78. The summed E-state index contributed by atoms with van der Waals surface area (Å²) in [4.78, 5) is 3.24. The highest BCUT2D eigenvalue weighted by Gasteiger charge is 2.16. The third-order valence-corrected chi connectivity index (χ3v) is 1.88. The van der Waals surface area contributed by atoms with E-state index in [9.17, 15) is 17.6 Å². The Balaban J connectivity index is 3.22. The Kier molecular flexibility index (Phi) is 3.24. The minimum Gasteiger partial charge on any atom is -0.248 e. The van der Waals surface area contributed by atoms with E-state index in [2.05, 4.69) is 20.9 Å². The van der Waals surface area contributed by atoms with Crippen molar-refractivity contribution < 1.29 is 17.6 Å². The van der Waals surface area contributed by atoms with Crippen LogP contribution in [0.3, 0.4) is 0 Å². The molecule has 0 saturated carbocycles. The minimum atomic E-state index is -2.90. The summed E-state index contributed by atoms with van der Waals surface area (Å²) in [6.45, 7) is 0. The van der Waals surface area contributed by atoms with Crippen molar-refractivity contribution in [3.8, 4) is 0 Å². The number of rotatable bonds is 2. The average Bonchev–Trinajstić information content (AvgIpc) is 2.09. The zero-order valence-corrected chi connectivity index (χ0v) is 7.78. The van der Waals surface area contributed by atoms with E-state index in [-0.39, 0.29) is 11.0 Å². The van der Waals surface area contributed by atoms with Crippen LogP contribution in [-0.4, -0.2) is 4.98 Å². The van der Waals surface area contributed by atoms with Gasteiger partial charge in [0.25, 0.3) is 6.43 Å². The molecule has 72 valence electrons. The van der Waals surface area contributed by atoms with Crippen molar-refractivity contribution in [2.45, 2.75) is 11.8 Å². The van der Waals surface area contributed by atoms with Crippen LogP contribution >= 0.6 is 15.9 Å². The van der Waals surface area contributed by atoms with Gasteiger partial charge >= 0.3 is 0 Å². The molecule has 0 unspecified atom stereocenters. The van der Waals surface area contributed by atoms with Crippen molar-refractivity contribution in [3.05, 3.63) is 29.1 Å². The molecule has 0 aromatic carbocycles. The summed E-state index contributed by atoms with van der Waals surface area (Å²) in [6.07, 6.45) is -2.90. The van der Waals surface area contributed by atoms with Gasteiger partial charge in [-0.1, -0.05) is 15.9 Å². The first-order valence-electron chi connectivity index (χ1n) is 3.25. The SMILES string of the molecule is Fc1cc(C(F)F)nc(CBr)c1F. The minimum absolute atomic E-state index is 0.101. The highest BCUT2D eigenvalue weighted by Crippen LogP contribution is 2.21. The Morgan fingerprint density at radius 1 is 1.38 bits per heavy atom. The maximum atomic E-state index is 12.7. The van der Waals surface area contributed by atoms with Crippen LogP contribution < -0.4 is 0 Å². The zero-order valence-electron chi connectivity index (χ0n) is 6.20. The summed E-state index contributed by atoms with van der Waals surface area (Å²) in [5.41, 5.74) is -1.11. The number of alkyl halides is 3. The molecule has 0 saturated heterocycles. The lowest BCUT2D eigenvalue weighted by atomic mass is 10.3. The fourth-order valence-corrected chi connectivity index (χ4v) is 1.14. The molecule has 0 aliphatic rings. The van der Waals surface area contributed by atoms with Gasteiger partial charge in [0.05, 0.1) is 5.69 Å². The molecule has 1 rings (SSSR count). The molecule has 0 N–H and O–H groups in total. The van der Waals surface area contributed by atoms with Crippen LogP contribution in [0.25, 0.3) is 0 Å². The largest absolute Gasteiger partial charge is 0.280 e. The van der Waals surface area contributed by atoms with Crippen LogP contribution in [0, 0.1) is 11.6 Å². The lowest BCUT2D eigenvalue weighted by Crippen LogP contribution is -2.01. The number of pyridine rings is 1. The number of hydrogen-bond acceptors (Lipinski definition) is 1. The first kappa shape index (κ1) is 10.4. The molecule has 0 bridgehead atoms. The zero-order chi connectivity index (χ0) is 10.0.